The molecule has 17 heavy (non-hydrogen) atoms. The molecule has 0 aliphatic heterocycles. The number of methoxy groups -OCH3 is 1. The van der Waals surface area contributed by atoms with Crippen LogP contribution < -0.4 is 0 Å². The van der Waals surface area contributed by atoms with E-state index in [1.807, 2.05) is 0 Å². The molecule has 6 heteroatoms. The van der Waals surface area contributed by atoms with E-state index in [0.29, 0.717) is 5.56 Å². The molecule has 0 aliphatic rings. The Morgan fingerprint density at radius 3 is 3.06 bits per heavy atom. The highest BCUT2D eigenvalue weighted by Gasteiger charge is 2.10. The van der Waals surface area contributed by atoms with Crippen LogP contribution in [0.1, 0.15) is 15.9 Å². The maximum absolute atomic E-state index is 11.3. The van der Waals surface area contributed by atoms with Crippen LogP contribution >= 0.6 is 0 Å². The first-order valence-corrected chi connectivity index (χ1v) is 4.77. The van der Waals surface area contributed by atoms with Crippen LogP contribution in [0.15, 0.2) is 29.4 Å². The second kappa shape index (κ2) is 6.19. The van der Waals surface area contributed by atoms with E-state index in [1.54, 1.807) is 18.2 Å². The van der Waals surface area contributed by atoms with Crippen LogP contribution in [0, 0.1) is 0 Å². The number of phenolic OH excluding ortho intramolecular Hbond substituents is 1. The quantitative estimate of drug-likeness (QED) is 0.374. The first-order chi connectivity index (χ1) is 8.19. The molecule has 0 fully saturated rings. The van der Waals surface area contributed by atoms with E-state index in [-0.39, 0.29) is 17.9 Å². The van der Waals surface area contributed by atoms with Crippen LogP contribution in [0.2, 0.25) is 0 Å². The number of ether oxygens (including phenoxy) is 1. The van der Waals surface area contributed by atoms with E-state index < -0.39 is 5.97 Å². The SMILES string of the molecule is COC(=O)c1cc(C=CCN=[N+]=[N-])ccc1O. The number of aromatic hydroxyl groups is 1. The van der Waals surface area contributed by atoms with Crippen molar-refractivity contribution in [1.82, 2.24) is 0 Å². The molecule has 1 N–H and O–H groups in total. The zero-order chi connectivity index (χ0) is 12.7. The Bertz CT molecular complexity index is 491. The predicted molar refractivity (Wildman–Crippen MR) is 62.5 cm³/mol. The number of hydrogen-bond acceptors (Lipinski definition) is 4. The van der Waals surface area contributed by atoms with Crippen molar-refractivity contribution in [2.75, 3.05) is 13.7 Å². The molecule has 0 radical (unpaired) electrons. The monoisotopic (exact) mass is 233 g/mol. The lowest BCUT2D eigenvalue weighted by atomic mass is 10.1. The Balaban J connectivity index is 2.92. The van der Waals surface area contributed by atoms with Crippen molar-refractivity contribution in [1.29, 1.82) is 0 Å². The Labute approximate surface area is 97.8 Å². The minimum absolute atomic E-state index is 0.0958. The molecule has 0 bridgehead atoms. The van der Waals surface area contributed by atoms with Gasteiger partial charge >= 0.3 is 5.97 Å². The number of nitrogens with zero attached hydrogens (tertiary/aromatic N) is 3. The maximum atomic E-state index is 11.3. The van der Waals surface area contributed by atoms with Crippen molar-refractivity contribution in [3.05, 3.63) is 45.8 Å². The molecule has 0 unspecified atom stereocenters. The summed E-state index contributed by atoms with van der Waals surface area (Å²) in [5.74, 6) is -0.739. The molecule has 0 amide bonds. The third kappa shape index (κ3) is 3.55. The third-order valence-corrected chi connectivity index (χ3v) is 1.99. The fourth-order valence-corrected chi connectivity index (χ4v) is 1.20. The van der Waals surface area contributed by atoms with Crippen molar-refractivity contribution in [2.24, 2.45) is 5.11 Å². The van der Waals surface area contributed by atoms with Gasteiger partial charge in [0.15, 0.2) is 0 Å². The van der Waals surface area contributed by atoms with Crippen molar-refractivity contribution in [2.45, 2.75) is 0 Å². The first kappa shape index (κ1) is 12.6. The highest BCUT2D eigenvalue weighted by Crippen LogP contribution is 2.20. The van der Waals surface area contributed by atoms with Gasteiger partial charge in [-0.1, -0.05) is 23.3 Å². The molecule has 1 aromatic rings. The number of benzene rings is 1. The summed E-state index contributed by atoms with van der Waals surface area (Å²) in [5, 5.41) is 12.8. The van der Waals surface area contributed by atoms with Crippen LogP contribution in [-0.2, 0) is 4.74 Å². The normalized spacial score (nSPS) is 9.94. The second-order valence-corrected chi connectivity index (χ2v) is 3.08. The lowest BCUT2D eigenvalue weighted by Gasteiger charge is -2.03. The van der Waals surface area contributed by atoms with Gasteiger partial charge in [-0.3, -0.25) is 0 Å². The van der Waals surface area contributed by atoms with E-state index in [1.165, 1.54) is 19.2 Å². The summed E-state index contributed by atoms with van der Waals surface area (Å²) in [6, 6.07) is 4.53. The van der Waals surface area contributed by atoms with Gasteiger partial charge in [-0.25, -0.2) is 4.79 Å². The summed E-state index contributed by atoms with van der Waals surface area (Å²) in [4.78, 5) is 13.9. The van der Waals surface area contributed by atoms with Crippen molar-refractivity contribution in [3.63, 3.8) is 0 Å². The topological polar surface area (TPSA) is 95.3 Å². The maximum Gasteiger partial charge on any atom is 0.341 e. The lowest BCUT2D eigenvalue weighted by Crippen LogP contribution is -2.01. The Kier molecular flexibility index (Phi) is 4.59. The highest BCUT2D eigenvalue weighted by molar-refractivity contribution is 5.93. The predicted octanol–water partition coefficient (Wildman–Crippen LogP) is 2.50. The molecular weight excluding hydrogens is 222 g/mol. The lowest BCUT2D eigenvalue weighted by molar-refractivity contribution is 0.0597. The summed E-state index contributed by atoms with van der Waals surface area (Å²) < 4.78 is 4.53. The molecule has 0 saturated carbocycles. The van der Waals surface area contributed by atoms with Gasteiger partial charge in [0.25, 0.3) is 0 Å². The third-order valence-electron chi connectivity index (χ3n) is 1.99. The van der Waals surface area contributed by atoms with E-state index in [0.717, 1.165) is 0 Å². The van der Waals surface area contributed by atoms with Gasteiger partial charge < -0.3 is 9.84 Å². The van der Waals surface area contributed by atoms with Crippen LogP contribution in [0.5, 0.6) is 5.75 Å². The van der Waals surface area contributed by atoms with Gasteiger partial charge in [0.1, 0.15) is 11.3 Å². The minimum Gasteiger partial charge on any atom is -0.507 e. The average molecular weight is 233 g/mol. The van der Waals surface area contributed by atoms with Gasteiger partial charge in [-0.05, 0) is 23.2 Å². The van der Waals surface area contributed by atoms with Gasteiger partial charge in [0.05, 0.1) is 7.11 Å². The number of azide groups is 1. The highest BCUT2D eigenvalue weighted by atomic mass is 16.5. The van der Waals surface area contributed by atoms with Crippen LogP contribution in [-0.4, -0.2) is 24.7 Å². The summed E-state index contributed by atoms with van der Waals surface area (Å²) in [6.07, 6.45) is 3.33. The molecule has 0 saturated heterocycles. The number of carbonyl (C=O) groups is 1. The number of hydrogen-bond donors (Lipinski definition) is 1. The fraction of sp³-hybridized carbons (Fsp3) is 0.182. The molecule has 6 nitrogen and oxygen atoms in total. The molecule has 1 rings (SSSR count). The summed E-state index contributed by atoms with van der Waals surface area (Å²) >= 11 is 0. The first-order valence-electron chi connectivity index (χ1n) is 4.77. The van der Waals surface area contributed by atoms with Crippen LogP contribution in [0.3, 0.4) is 0 Å². The molecule has 1 aromatic carbocycles. The van der Waals surface area contributed by atoms with Crippen molar-refractivity contribution >= 4 is 12.0 Å². The number of rotatable bonds is 4. The zero-order valence-electron chi connectivity index (χ0n) is 9.20. The molecule has 0 aliphatic carbocycles. The van der Waals surface area contributed by atoms with Gasteiger partial charge in [0, 0.05) is 11.5 Å². The number of phenols is 1. The smallest absolute Gasteiger partial charge is 0.341 e. The summed E-state index contributed by atoms with van der Waals surface area (Å²) in [5.41, 5.74) is 8.88. The Morgan fingerprint density at radius 1 is 1.65 bits per heavy atom. The Morgan fingerprint density at radius 2 is 2.41 bits per heavy atom. The van der Waals surface area contributed by atoms with Crippen LogP contribution in [0.4, 0.5) is 0 Å². The second-order valence-electron chi connectivity index (χ2n) is 3.08. The van der Waals surface area contributed by atoms with Gasteiger partial charge in [0.2, 0.25) is 0 Å². The molecule has 0 atom stereocenters. The summed E-state index contributed by atoms with van der Waals surface area (Å²) in [6.45, 7) is 0.227. The standard InChI is InChI=1S/C11H11N3O3/c1-17-11(16)9-7-8(4-5-10(9)15)3-2-6-13-14-12/h2-5,7,15H,6H2,1H3. The van der Waals surface area contributed by atoms with E-state index >= 15 is 0 Å². The molecule has 0 spiro atoms. The Hall–Kier alpha value is -2.46. The average Bonchev–Trinajstić information content (AvgIpc) is 2.35. The van der Waals surface area contributed by atoms with Gasteiger partial charge in [-0.2, -0.15) is 0 Å². The molecular formula is C11H11N3O3. The van der Waals surface area contributed by atoms with E-state index in [9.17, 15) is 9.90 Å². The van der Waals surface area contributed by atoms with Crippen molar-refractivity contribution < 1.29 is 14.6 Å². The zero-order valence-corrected chi connectivity index (χ0v) is 9.20. The number of carbonyl (C=O) groups excluding carboxylic acids is 1. The number of esters is 1. The summed E-state index contributed by atoms with van der Waals surface area (Å²) in [7, 11) is 1.24. The van der Waals surface area contributed by atoms with Crippen molar-refractivity contribution in [3.8, 4) is 5.75 Å². The van der Waals surface area contributed by atoms with E-state index in [4.69, 9.17) is 5.53 Å². The van der Waals surface area contributed by atoms with Crippen LogP contribution in [0.25, 0.3) is 16.5 Å². The largest absolute Gasteiger partial charge is 0.507 e. The molecule has 88 valence electrons. The molecule has 0 aromatic heterocycles. The minimum atomic E-state index is -0.604. The van der Waals surface area contributed by atoms with Gasteiger partial charge in [-0.15, -0.1) is 0 Å². The fourth-order valence-electron chi connectivity index (χ4n) is 1.20. The molecule has 0 heterocycles. The van der Waals surface area contributed by atoms with E-state index in [2.05, 4.69) is 14.8 Å².